The van der Waals surface area contributed by atoms with Gasteiger partial charge >= 0.3 is 0 Å². The molecule has 0 saturated carbocycles. The first-order chi connectivity index (χ1) is 9.85. The van der Waals surface area contributed by atoms with Crippen molar-refractivity contribution in [3.63, 3.8) is 0 Å². The van der Waals surface area contributed by atoms with Crippen molar-refractivity contribution >= 4 is 0 Å². The maximum Gasteiger partial charge on any atom is 0.119 e. The fourth-order valence-electron chi connectivity index (χ4n) is 2.93. The zero-order valence-corrected chi connectivity index (χ0v) is 12.9. The average Bonchev–Trinajstić information content (AvgIpc) is 2.50. The Bertz CT molecular complexity index is 388. The number of ether oxygens (including phenoxy) is 1. The Morgan fingerprint density at radius 3 is 2.75 bits per heavy atom. The SMILES string of the molecule is CCCCC(c1cccc(OCC)c1)N1CCNCC1. The van der Waals surface area contributed by atoms with Gasteiger partial charge < -0.3 is 10.1 Å². The fourth-order valence-corrected chi connectivity index (χ4v) is 2.93. The van der Waals surface area contributed by atoms with Crippen LogP contribution in [-0.4, -0.2) is 37.7 Å². The smallest absolute Gasteiger partial charge is 0.119 e. The van der Waals surface area contributed by atoms with E-state index in [4.69, 9.17) is 4.74 Å². The average molecular weight is 276 g/mol. The molecule has 1 N–H and O–H groups in total. The maximum atomic E-state index is 5.66. The predicted octanol–water partition coefficient (Wildman–Crippen LogP) is 3.22. The van der Waals surface area contributed by atoms with Crippen LogP contribution >= 0.6 is 0 Å². The zero-order valence-electron chi connectivity index (χ0n) is 12.9. The molecule has 1 atom stereocenters. The molecule has 0 aromatic heterocycles. The summed E-state index contributed by atoms with van der Waals surface area (Å²) in [6.07, 6.45) is 3.78. The molecule has 1 fully saturated rings. The Labute approximate surface area is 123 Å². The van der Waals surface area contributed by atoms with Crippen molar-refractivity contribution in [3.8, 4) is 5.75 Å². The molecule has 1 unspecified atom stereocenters. The standard InChI is InChI=1S/C17H28N2O/c1-3-5-9-17(19-12-10-18-11-13-19)15-7-6-8-16(14-15)20-4-2/h6-8,14,17-18H,3-5,9-13H2,1-2H3. The number of nitrogens with one attached hydrogen (secondary N) is 1. The molecule has 0 bridgehead atoms. The summed E-state index contributed by atoms with van der Waals surface area (Å²) in [5, 5.41) is 3.44. The van der Waals surface area contributed by atoms with E-state index in [9.17, 15) is 0 Å². The molecule has 1 aromatic rings. The van der Waals surface area contributed by atoms with Crippen LogP contribution in [-0.2, 0) is 0 Å². The molecule has 1 aliphatic rings. The largest absolute Gasteiger partial charge is 0.494 e. The molecular weight excluding hydrogens is 248 g/mol. The minimum Gasteiger partial charge on any atom is -0.494 e. The van der Waals surface area contributed by atoms with Gasteiger partial charge in [-0.3, -0.25) is 4.90 Å². The second kappa shape index (κ2) is 8.28. The molecule has 20 heavy (non-hydrogen) atoms. The number of rotatable bonds is 7. The van der Waals surface area contributed by atoms with Crippen LogP contribution in [0.4, 0.5) is 0 Å². The predicted molar refractivity (Wildman–Crippen MR) is 84.3 cm³/mol. The van der Waals surface area contributed by atoms with Crippen LogP contribution in [0.15, 0.2) is 24.3 Å². The van der Waals surface area contributed by atoms with E-state index in [1.807, 2.05) is 6.92 Å². The van der Waals surface area contributed by atoms with E-state index in [0.29, 0.717) is 6.04 Å². The van der Waals surface area contributed by atoms with Crippen molar-refractivity contribution in [1.82, 2.24) is 10.2 Å². The van der Waals surface area contributed by atoms with E-state index in [1.165, 1.54) is 24.8 Å². The highest BCUT2D eigenvalue weighted by Gasteiger charge is 2.21. The van der Waals surface area contributed by atoms with Crippen LogP contribution in [0.25, 0.3) is 0 Å². The third kappa shape index (κ3) is 4.22. The third-order valence-electron chi connectivity index (χ3n) is 3.98. The zero-order chi connectivity index (χ0) is 14.2. The quantitative estimate of drug-likeness (QED) is 0.827. The molecule has 1 aromatic carbocycles. The fraction of sp³-hybridized carbons (Fsp3) is 0.647. The van der Waals surface area contributed by atoms with Gasteiger partial charge in [-0.1, -0.05) is 31.9 Å². The molecule has 0 amide bonds. The molecule has 1 heterocycles. The topological polar surface area (TPSA) is 24.5 Å². The first-order valence-electron chi connectivity index (χ1n) is 8.02. The highest BCUT2D eigenvalue weighted by molar-refractivity contribution is 5.30. The molecule has 3 heteroatoms. The van der Waals surface area contributed by atoms with Crippen LogP contribution < -0.4 is 10.1 Å². The summed E-state index contributed by atoms with van der Waals surface area (Å²) in [5.74, 6) is 1.00. The lowest BCUT2D eigenvalue weighted by Gasteiger charge is -2.35. The lowest BCUT2D eigenvalue weighted by molar-refractivity contribution is 0.163. The summed E-state index contributed by atoms with van der Waals surface area (Å²) in [6, 6.07) is 9.21. The van der Waals surface area contributed by atoms with Crippen molar-refractivity contribution in [2.75, 3.05) is 32.8 Å². The number of unbranched alkanes of at least 4 members (excludes halogenated alkanes) is 1. The second-order valence-corrected chi connectivity index (χ2v) is 5.45. The molecule has 3 nitrogen and oxygen atoms in total. The van der Waals surface area contributed by atoms with Gasteiger partial charge in [-0.15, -0.1) is 0 Å². The first-order valence-corrected chi connectivity index (χ1v) is 8.02. The molecule has 1 aliphatic heterocycles. The molecule has 1 saturated heterocycles. The van der Waals surface area contributed by atoms with Crippen molar-refractivity contribution in [2.24, 2.45) is 0 Å². The normalized spacial score (nSPS) is 17.9. The number of benzene rings is 1. The minimum atomic E-state index is 0.539. The summed E-state index contributed by atoms with van der Waals surface area (Å²) < 4.78 is 5.66. The third-order valence-corrected chi connectivity index (χ3v) is 3.98. The molecule has 112 valence electrons. The van der Waals surface area contributed by atoms with E-state index in [-0.39, 0.29) is 0 Å². The van der Waals surface area contributed by atoms with Gasteiger partial charge in [0.2, 0.25) is 0 Å². The van der Waals surface area contributed by atoms with Crippen molar-refractivity contribution < 1.29 is 4.74 Å². The summed E-state index contributed by atoms with van der Waals surface area (Å²) in [5.41, 5.74) is 1.41. The summed E-state index contributed by atoms with van der Waals surface area (Å²) in [7, 11) is 0. The van der Waals surface area contributed by atoms with E-state index < -0.39 is 0 Å². The number of piperazine rings is 1. The molecule has 0 aliphatic carbocycles. The number of hydrogen-bond donors (Lipinski definition) is 1. The van der Waals surface area contributed by atoms with Crippen LogP contribution in [0, 0.1) is 0 Å². The number of hydrogen-bond acceptors (Lipinski definition) is 3. The maximum absolute atomic E-state index is 5.66. The molecule has 2 rings (SSSR count). The van der Waals surface area contributed by atoms with Gasteiger partial charge in [0.15, 0.2) is 0 Å². The summed E-state index contributed by atoms with van der Waals surface area (Å²) >= 11 is 0. The Morgan fingerprint density at radius 1 is 1.25 bits per heavy atom. The lowest BCUT2D eigenvalue weighted by Crippen LogP contribution is -2.45. The van der Waals surface area contributed by atoms with Gasteiger partial charge in [-0.25, -0.2) is 0 Å². The van der Waals surface area contributed by atoms with E-state index >= 15 is 0 Å². The lowest BCUT2D eigenvalue weighted by atomic mass is 9.98. The number of nitrogens with zero attached hydrogens (tertiary/aromatic N) is 1. The van der Waals surface area contributed by atoms with Gasteiger partial charge in [0.05, 0.1) is 6.61 Å². The van der Waals surface area contributed by atoms with Crippen LogP contribution in [0.3, 0.4) is 0 Å². The summed E-state index contributed by atoms with van der Waals surface area (Å²) in [6.45, 7) is 9.54. The Morgan fingerprint density at radius 2 is 2.05 bits per heavy atom. The highest BCUT2D eigenvalue weighted by Crippen LogP contribution is 2.29. The van der Waals surface area contributed by atoms with Crippen LogP contribution in [0.5, 0.6) is 5.75 Å². The molecule has 0 spiro atoms. The second-order valence-electron chi connectivity index (χ2n) is 5.45. The Kier molecular flexibility index (Phi) is 6.34. The highest BCUT2D eigenvalue weighted by atomic mass is 16.5. The van der Waals surface area contributed by atoms with Gasteiger partial charge in [0.1, 0.15) is 5.75 Å². The van der Waals surface area contributed by atoms with E-state index in [0.717, 1.165) is 38.5 Å². The van der Waals surface area contributed by atoms with Crippen molar-refractivity contribution in [2.45, 2.75) is 39.2 Å². The van der Waals surface area contributed by atoms with Crippen LogP contribution in [0.1, 0.15) is 44.7 Å². The molecular formula is C17H28N2O. The summed E-state index contributed by atoms with van der Waals surface area (Å²) in [4.78, 5) is 2.62. The van der Waals surface area contributed by atoms with Gasteiger partial charge in [0.25, 0.3) is 0 Å². The minimum absolute atomic E-state index is 0.539. The van der Waals surface area contributed by atoms with Crippen LogP contribution in [0.2, 0.25) is 0 Å². The van der Waals surface area contributed by atoms with Crippen molar-refractivity contribution in [3.05, 3.63) is 29.8 Å². The van der Waals surface area contributed by atoms with Gasteiger partial charge in [-0.2, -0.15) is 0 Å². The van der Waals surface area contributed by atoms with E-state index in [1.54, 1.807) is 0 Å². The first kappa shape index (κ1) is 15.3. The van der Waals surface area contributed by atoms with E-state index in [2.05, 4.69) is 41.4 Å². The molecule has 0 radical (unpaired) electrons. The Hall–Kier alpha value is -1.06. The van der Waals surface area contributed by atoms with Gasteiger partial charge in [0, 0.05) is 32.2 Å². The monoisotopic (exact) mass is 276 g/mol. The van der Waals surface area contributed by atoms with Gasteiger partial charge in [-0.05, 0) is 31.0 Å². The van der Waals surface area contributed by atoms with Crippen molar-refractivity contribution in [1.29, 1.82) is 0 Å². The Balaban J connectivity index is 2.13.